The first-order valence-corrected chi connectivity index (χ1v) is 13.6. The average molecular weight is 519 g/mol. The summed E-state index contributed by atoms with van der Waals surface area (Å²) in [6.45, 7) is 7.97. The number of hydrogen-bond donors (Lipinski definition) is 3. The van der Waals surface area contributed by atoms with Crippen molar-refractivity contribution >= 4 is 16.7 Å². The lowest BCUT2D eigenvalue weighted by Gasteiger charge is -2.67. The molecule has 38 heavy (non-hydrogen) atoms. The lowest BCUT2D eigenvalue weighted by molar-refractivity contribution is -0.281. The summed E-state index contributed by atoms with van der Waals surface area (Å²) in [6.07, 6.45) is 2.61. The zero-order valence-electron chi connectivity index (χ0n) is 22.3. The summed E-state index contributed by atoms with van der Waals surface area (Å²) < 4.78 is 19.1. The van der Waals surface area contributed by atoms with E-state index >= 15 is 0 Å². The molecular formula is C30H34N2O6. The Morgan fingerprint density at radius 1 is 1.24 bits per heavy atom. The smallest absolute Gasteiger partial charge is 0.195 e. The first-order chi connectivity index (χ1) is 17.9. The Kier molecular flexibility index (Phi) is 4.74. The van der Waals surface area contributed by atoms with Gasteiger partial charge in [-0.2, -0.15) is 5.26 Å². The molecule has 3 N–H and O–H groups in total. The highest BCUT2D eigenvalue weighted by Gasteiger charge is 2.78. The molecule has 1 aromatic carbocycles. The number of H-pyrrole nitrogens is 1. The first kappa shape index (κ1) is 24.5. The number of benzene rings is 1. The van der Waals surface area contributed by atoms with Gasteiger partial charge in [0, 0.05) is 39.4 Å². The number of aromatic nitrogens is 1. The van der Waals surface area contributed by atoms with Crippen LogP contribution in [0.1, 0.15) is 63.8 Å². The van der Waals surface area contributed by atoms with E-state index < -0.39 is 40.0 Å². The van der Waals surface area contributed by atoms with Gasteiger partial charge in [0.15, 0.2) is 17.7 Å². The van der Waals surface area contributed by atoms with Crippen molar-refractivity contribution in [3.63, 3.8) is 0 Å². The molecule has 0 radical (unpaired) electrons. The minimum atomic E-state index is -1.58. The Bertz CT molecular complexity index is 1470. The van der Waals surface area contributed by atoms with Crippen LogP contribution in [-0.2, 0) is 30.8 Å². The van der Waals surface area contributed by atoms with Crippen LogP contribution < -0.4 is 0 Å². The van der Waals surface area contributed by atoms with Crippen molar-refractivity contribution in [2.75, 3.05) is 13.2 Å². The van der Waals surface area contributed by atoms with Crippen molar-refractivity contribution in [2.45, 2.75) is 88.0 Å². The maximum atomic E-state index is 13.3. The Morgan fingerprint density at radius 2 is 2.03 bits per heavy atom. The lowest BCUT2D eigenvalue weighted by atomic mass is 9.41. The average Bonchev–Trinajstić information content (AvgIpc) is 3.46. The predicted molar refractivity (Wildman–Crippen MR) is 137 cm³/mol. The minimum absolute atomic E-state index is 0.0797. The molecule has 200 valence electrons. The van der Waals surface area contributed by atoms with Crippen molar-refractivity contribution in [3.8, 4) is 6.07 Å². The Balaban J connectivity index is 1.45. The number of nitrogens with zero attached hydrogens (tertiary/aromatic N) is 1. The number of carbonyl (C=O) groups excluding carboxylic acids is 1. The maximum Gasteiger partial charge on any atom is 0.195 e. The van der Waals surface area contributed by atoms with Crippen LogP contribution in [0.3, 0.4) is 0 Å². The summed E-state index contributed by atoms with van der Waals surface area (Å²) in [6, 6.07) is 7.97. The second-order valence-electron chi connectivity index (χ2n) is 12.8. The molecule has 1 saturated heterocycles. The molecule has 4 unspecified atom stereocenters. The third kappa shape index (κ3) is 2.60. The highest BCUT2D eigenvalue weighted by molar-refractivity contribution is 5.97. The molecule has 8 heteroatoms. The summed E-state index contributed by atoms with van der Waals surface area (Å²) in [5.74, 6) is -1.24. The van der Waals surface area contributed by atoms with Gasteiger partial charge < -0.3 is 29.4 Å². The molecule has 0 amide bonds. The number of hydrogen-bond acceptors (Lipinski definition) is 7. The molecule has 3 heterocycles. The largest absolute Gasteiger partial charge is 0.394 e. The summed E-state index contributed by atoms with van der Waals surface area (Å²) in [4.78, 5) is 17.0. The molecule has 7 rings (SSSR count). The van der Waals surface area contributed by atoms with E-state index in [1.807, 2.05) is 32.0 Å². The van der Waals surface area contributed by atoms with Crippen molar-refractivity contribution < 1.29 is 29.2 Å². The molecule has 7 atom stereocenters. The number of carbonyl (C=O) groups is 1. The van der Waals surface area contributed by atoms with E-state index in [1.165, 1.54) is 5.56 Å². The minimum Gasteiger partial charge on any atom is -0.394 e. The molecule has 1 aromatic heterocycles. The fourth-order valence-electron chi connectivity index (χ4n) is 8.90. The van der Waals surface area contributed by atoms with Gasteiger partial charge in [0.25, 0.3) is 0 Å². The van der Waals surface area contributed by atoms with E-state index in [2.05, 4.69) is 24.9 Å². The van der Waals surface area contributed by atoms with Crippen LogP contribution >= 0.6 is 0 Å². The topological polar surface area (TPSA) is 125 Å². The van der Waals surface area contributed by atoms with Crippen molar-refractivity contribution in [1.82, 2.24) is 4.98 Å². The Labute approximate surface area is 221 Å². The highest BCUT2D eigenvalue weighted by Crippen LogP contribution is 2.72. The highest BCUT2D eigenvalue weighted by atomic mass is 16.8. The quantitative estimate of drug-likeness (QED) is 0.570. The molecular weight excluding hydrogens is 484 g/mol. The normalized spacial score (nSPS) is 42.2. The number of aliphatic hydroxyl groups is 2. The second-order valence-corrected chi connectivity index (χ2v) is 12.8. The van der Waals surface area contributed by atoms with Gasteiger partial charge >= 0.3 is 0 Å². The monoisotopic (exact) mass is 518 g/mol. The number of aromatic amines is 1. The molecule has 2 aromatic rings. The predicted octanol–water partition coefficient (Wildman–Crippen LogP) is 3.18. The fourth-order valence-corrected chi connectivity index (χ4v) is 8.90. The zero-order valence-corrected chi connectivity index (χ0v) is 22.3. The summed E-state index contributed by atoms with van der Waals surface area (Å²) >= 11 is 0. The van der Waals surface area contributed by atoms with Crippen LogP contribution in [0, 0.1) is 22.7 Å². The molecule has 2 saturated carbocycles. The van der Waals surface area contributed by atoms with Crippen molar-refractivity contribution in [1.29, 1.82) is 5.26 Å². The molecule has 2 bridgehead atoms. The Morgan fingerprint density at radius 3 is 2.76 bits per heavy atom. The molecule has 2 aliphatic heterocycles. The summed E-state index contributed by atoms with van der Waals surface area (Å²) in [7, 11) is 0. The van der Waals surface area contributed by atoms with Gasteiger partial charge in [-0.15, -0.1) is 0 Å². The van der Waals surface area contributed by atoms with Gasteiger partial charge in [-0.3, -0.25) is 4.79 Å². The van der Waals surface area contributed by atoms with Crippen LogP contribution in [0.4, 0.5) is 0 Å². The molecule has 5 aliphatic rings. The van der Waals surface area contributed by atoms with Gasteiger partial charge in [-0.25, -0.2) is 0 Å². The van der Waals surface area contributed by atoms with E-state index in [4.69, 9.17) is 14.2 Å². The standard InChI is InChI=1S/C30H34N2O6/c1-26(2)25-21(34)14-22-29(37-25,38-26)8-7-27(3)28(4)17(13-23(30(22,27)35)36-10-9-33)12-19-18-11-16(15-31)5-6-20(18)32-24(19)28/h5-6,11,14,17,23,25,32-33,35H,7-10,12-13H2,1-4H3/t17?,23-,25?,27?,28+,29?,30-/m0/s1. The first-order valence-electron chi connectivity index (χ1n) is 13.6. The van der Waals surface area contributed by atoms with Gasteiger partial charge in [0.1, 0.15) is 11.2 Å². The Hall–Kier alpha value is -2.54. The van der Waals surface area contributed by atoms with Crippen LogP contribution in [0.15, 0.2) is 29.8 Å². The number of ether oxygens (including phenoxy) is 3. The lowest BCUT2D eigenvalue weighted by Crippen LogP contribution is -2.74. The third-order valence-electron chi connectivity index (χ3n) is 10.9. The van der Waals surface area contributed by atoms with Gasteiger partial charge in [0.05, 0.1) is 31.0 Å². The van der Waals surface area contributed by atoms with Crippen LogP contribution in [0.2, 0.25) is 0 Å². The van der Waals surface area contributed by atoms with Gasteiger partial charge in [-0.1, -0.05) is 13.8 Å². The summed E-state index contributed by atoms with van der Waals surface area (Å²) in [5, 5.41) is 33.3. The van der Waals surface area contributed by atoms with E-state index in [-0.39, 0.29) is 24.9 Å². The number of fused-ring (bicyclic) bond motifs is 9. The van der Waals surface area contributed by atoms with E-state index in [1.54, 1.807) is 6.08 Å². The van der Waals surface area contributed by atoms with Gasteiger partial charge in [-0.05, 0) is 68.9 Å². The number of nitriles is 1. The van der Waals surface area contributed by atoms with E-state index in [9.17, 15) is 20.3 Å². The SMILES string of the molecule is CC1(C)OC23CCC4(C)[C@@]5(C)c6[nH]c7ccc(C#N)cc7c6CC5C[C@H](OCCO)[C@@]4(O)C2=CC(=O)C1O3. The molecule has 1 spiro atoms. The molecule has 8 nitrogen and oxygen atoms in total. The fraction of sp³-hybridized carbons (Fsp3) is 0.600. The van der Waals surface area contributed by atoms with Crippen LogP contribution in [0.5, 0.6) is 0 Å². The van der Waals surface area contributed by atoms with E-state index in [0.29, 0.717) is 30.4 Å². The summed E-state index contributed by atoms with van der Waals surface area (Å²) in [5.41, 5.74) is 0.662. The van der Waals surface area contributed by atoms with Gasteiger partial charge in [0.2, 0.25) is 0 Å². The molecule has 3 fully saturated rings. The number of aliphatic hydroxyl groups excluding tert-OH is 1. The molecule has 3 aliphatic carbocycles. The number of ketones is 1. The number of nitrogens with one attached hydrogen (secondary N) is 1. The van der Waals surface area contributed by atoms with E-state index in [0.717, 1.165) is 23.0 Å². The third-order valence-corrected chi connectivity index (χ3v) is 10.9. The zero-order chi connectivity index (χ0) is 26.9. The second kappa shape index (κ2) is 7.35. The van der Waals surface area contributed by atoms with Crippen molar-refractivity contribution in [2.24, 2.45) is 11.3 Å². The van der Waals surface area contributed by atoms with Crippen LogP contribution in [0.25, 0.3) is 10.9 Å². The van der Waals surface area contributed by atoms with Crippen molar-refractivity contribution in [3.05, 3.63) is 46.7 Å². The number of rotatable bonds is 3. The maximum absolute atomic E-state index is 13.3. The van der Waals surface area contributed by atoms with Crippen LogP contribution in [-0.4, -0.2) is 63.4 Å².